The van der Waals surface area contributed by atoms with Gasteiger partial charge >= 0.3 is 0 Å². The van der Waals surface area contributed by atoms with Gasteiger partial charge in [-0.2, -0.15) is 8.75 Å². The Bertz CT molecular complexity index is 1040. The Morgan fingerprint density at radius 2 is 0.867 bits per heavy atom. The third kappa shape index (κ3) is 14.9. The van der Waals surface area contributed by atoms with Crippen LogP contribution in [0.25, 0.3) is 11.1 Å². The minimum atomic E-state index is 0. The summed E-state index contributed by atoms with van der Waals surface area (Å²) < 4.78 is 56.8. The average Bonchev–Trinajstić information content (AvgIpc) is 3.68. The predicted octanol–water partition coefficient (Wildman–Crippen LogP) is -6.46. The highest BCUT2D eigenvalue weighted by atomic mass is 35.5. The van der Waals surface area contributed by atoms with Gasteiger partial charge in [-0.15, -0.1) is 8.75 Å². The van der Waals surface area contributed by atoms with E-state index < -0.39 is 0 Å². The van der Waals surface area contributed by atoms with Crippen molar-refractivity contribution in [2.75, 3.05) is 120 Å². The molecule has 0 bridgehead atoms. The van der Waals surface area contributed by atoms with E-state index >= 15 is 0 Å². The van der Waals surface area contributed by atoms with E-state index in [0.717, 1.165) is 50.4 Å². The first kappa shape index (κ1) is 39.7. The van der Waals surface area contributed by atoms with Crippen molar-refractivity contribution in [1.82, 2.24) is 17.5 Å². The maximum absolute atomic E-state index is 5.80. The van der Waals surface area contributed by atoms with Crippen LogP contribution in [-0.4, -0.2) is 137 Å². The third-order valence-corrected chi connectivity index (χ3v) is 7.88. The number of likely N-dealkylation sites (N-methyl/N-ethyl adjacent to an activating group) is 2. The fraction of sp³-hybridized carbons (Fsp3) is 0.714. The van der Waals surface area contributed by atoms with Crippen LogP contribution in [-0.2, 0) is 23.7 Å². The topological polar surface area (TPSA) is 125 Å². The zero-order chi connectivity index (χ0) is 30.0. The highest BCUT2D eigenvalue weighted by molar-refractivity contribution is 6.99. The molecule has 13 nitrogen and oxygen atoms in total. The molecule has 2 unspecified atom stereocenters. The maximum atomic E-state index is 5.80. The third-order valence-electron chi connectivity index (χ3n) is 6.85. The number of rotatable bonds is 22. The highest BCUT2D eigenvalue weighted by Crippen LogP contribution is 2.25. The summed E-state index contributed by atoms with van der Waals surface area (Å²) >= 11 is 2.37. The van der Waals surface area contributed by atoms with E-state index in [1.165, 1.54) is 44.4 Å². The molecule has 0 saturated heterocycles. The Morgan fingerprint density at radius 1 is 0.533 bits per heavy atom. The van der Waals surface area contributed by atoms with Gasteiger partial charge in [0.2, 0.25) is 0 Å². The van der Waals surface area contributed by atoms with Crippen molar-refractivity contribution >= 4 is 34.6 Å². The van der Waals surface area contributed by atoms with Crippen LogP contribution in [0.5, 0.6) is 11.8 Å². The number of hydrogen-bond acceptors (Lipinski definition) is 13. The van der Waals surface area contributed by atoms with E-state index in [9.17, 15) is 0 Å². The number of nitrogens with zero attached hydrogens (tertiary/aromatic N) is 4. The van der Waals surface area contributed by atoms with Crippen molar-refractivity contribution in [1.29, 1.82) is 0 Å². The molecular weight excluding hydrogens is 667 g/mol. The summed E-state index contributed by atoms with van der Waals surface area (Å²) in [5, 5.41) is 0. The molecule has 4 heterocycles. The lowest BCUT2D eigenvalue weighted by Gasteiger charge is -2.19. The SMILES string of the molecule is C[NH+]1CCC=C(c2nsnc2OCCOCCOCCOCCOCCOCCOc2nsnc2C2=CCC[NH+](C)C2)C1.[Cl-].[Cl-]. The van der Waals surface area contributed by atoms with Crippen LogP contribution in [0.4, 0.5) is 0 Å². The highest BCUT2D eigenvalue weighted by Gasteiger charge is 2.21. The lowest BCUT2D eigenvalue weighted by atomic mass is 10.1. The fourth-order valence-corrected chi connectivity index (χ4v) is 5.70. The zero-order valence-electron chi connectivity index (χ0n) is 26.1. The molecule has 0 radical (unpaired) electrons. The van der Waals surface area contributed by atoms with E-state index in [1.807, 2.05) is 0 Å². The van der Waals surface area contributed by atoms with Gasteiger partial charge in [-0.3, -0.25) is 0 Å². The molecule has 256 valence electrons. The van der Waals surface area contributed by atoms with Crippen molar-refractivity contribution < 1.29 is 67.8 Å². The molecule has 2 atom stereocenters. The number of quaternary nitrogens is 2. The van der Waals surface area contributed by atoms with Gasteiger partial charge in [0.1, 0.15) is 37.7 Å². The quantitative estimate of drug-likeness (QED) is 0.113. The van der Waals surface area contributed by atoms with Gasteiger partial charge in [-0.25, -0.2) is 0 Å². The minimum Gasteiger partial charge on any atom is -1.00 e. The molecule has 2 aromatic heterocycles. The molecular formula is C28H46Cl2N6O7S2. The summed E-state index contributed by atoms with van der Waals surface area (Å²) in [5.74, 6) is 1.20. The summed E-state index contributed by atoms with van der Waals surface area (Å²) in [6.45, 7) is 10.0. The van der Waals surface area contributed by atoms with Crippen molar-refractivity contribution in [2.24, 2.45) is 0 Å². The van der Waals surface area contributed by atoms with E-state index in [2.05, 4.69) is 43.7 Å². The maximum Gasteiger partial charge on any atom is 0.253 e. The molecule has 2 aliphatic heterocycles. The zero-order valence-corrected chi connectivity index (χ0v) is 29.2. The molecule has 0 aromatic carbocycles. The molecule has 0 amide bonds. The van der Waals surface area contributed by atoms with Crippen molar-refractivity contribution in [3.05, 3.63) is 23.5 Å². The van der Waals surface area contributed by atoms with Crippen LogP contribution in [0.3, 0.4) is 0 Å². The van der Waals surface area contributed by atoms with Gasteiger partial charge in [-0.05, 0) is 0 Å². The summed E-state index contributed by atoms with van der Waals surface area (Å²) in [5.41, 5.74) is 4.16. The predicted molar refractivity (Wildman–Crippen MR) is 163 cm³/mol. The normalized spacial score (nSPS) is 18.0. The Hall–Kier alpha value is -1.50. The van der Waals surface area contributed by atoms with E-state index in [4.69, 9.17) is 33.2 Å². The number of aromatic nitrogens is 4. The van der Waals surface area contributed by atoms with Crippen LogP contribution in [0.2, 0.25) is 0 Å². The first-order valence-corrected chi connectivity index (χ1v) is 16.5. The van der Waals surface area contributed by atoms with Crippen molar-refractivity contribution in [3.63, 3.8) is 0 Å². The second kappa shape index (κ2) is 23.8. The summed E-state index contributed by atoms with van der Waals surface area (Å²) in [6.07, 6.45) is 6.59. The van der Waals surface area contributed by atoms with E-state index in [1.54, 1.807) is 0 Å². The van der Waals surface area contributed by atoms with Gasteiger partial charge in [0.15, 0.2) is 0 Å². The molecule has 45 heavy (non-hydrogen) atoms. The fourth-order valence-electron chi connectivity index (χ4n) is 4.64. The molecule has 17 heteroatoms. The first-order chi connectivity index (χ1) is 21.2. The Kier molecular flexibility index (Phi) is 21.0. The number of nitrogens with one attached hydrogen (secondary N) is 2. The van der Waals surface area contributed by atoms with Crippen molar-refractivity contribution in [3.8, 4) is 11.8 Å². The van der Waals surface area contributed by atoms with Crippen LogP contribution in [0, 0.1) is 0 Å². The van der Waals surface area contributed by atoms with Gasteiger partial charge in [0, 0.05) is 24.0 Å². The Balaban J connectivity index is 0.00000353. The first-order valence-electron chi connectivity index (χ1n) is 15.0. The molecule has 2 aromatic rings. The van der Waals surface area contributed by atoms with Gasteiger partial charge < -0.3 is 67.8 Å². The van der Waals surface area contributed by atoms with E-state index in [-0.39, 0.29) is 24.8 Å². The van der Waals surface area contributed by atoms with E-state index in [0.29, 0.717) is 91.0 Å². The summed E-state index contributed by atoms with van der Waals surface area (Å²) in [4.78, 5) is 2.94. The minimum absolute atomic E-state index is 0. The Morgan fingerprint density at radius 3 is 1.20 bits per heavy atom. The number of hydrogen-bond donors (Lipinski definition) is 2. The summed E-state index contributed by atoms with van der Waals surface area (Å²) in [7, 11) is 4.38. The van der Waals surface area contributed by atoms with Gasteiger partial charge in [-0.1, -0.05) is 12.2 Å². The summed E-state index contributed by atoms with van der Waals surface area (Å²) in [6, 6.07) is 0. The smallest absolute Gasteiger partial charge is 0.253 e. The molecule has 4 rings (SSSR count). The molecule has 2 aliphatic rings. The van der Waals surface area contributed by atoms with Gasteiger partial charge in [0.25, 0.3) is 11.8 Å². The number of ether oxygens (including phenoxy) is 7. The molecule has 0 aliphatic carbocycles. The van der Waals surface area contributed by atoms with Crippen molar-refractivity contribution in [2.45, 2.75) is 12.8 Å². The van der Waals surface area contributed by atoms with Crippen LogP contribution >= 0.6 is 23.5 Å². The molecule has 0 saturated carbocycles. The molecule has 0 fully saturated rings. The van der Waals surface area contributed by atoms with Crippen LogP contribution < -0.4 is 44.1 Å². The lowest BCUT2D eigenvalue weighted by molar-refractivity contribution is -0.872. The average molecular weight is 714 g/mol. The van der Waals surface area contributed by atoms with Crippen LogP contribution in [0.15, 0.2) is 12.2 Å². The van der Waals surface area contributed by atoms with Gasteiger partial charge in [0.05, 0.1) is 117 Å². The standard InChI is InChI=1S/C28H44N6O7S2.2ClH/c1-33-7-3-5-23(21-33)25-27(31-42-29-25)40-19-17-38-15-13-36-11-9-35-10-12-37-14-16-39-18-20-41-28-26(30-43-32-28)24-6-4-8-34(2)22-24;;/h5-6H,3-4,7-22H2,1-2H3;2*1H. The number of halogens is 2. The molecule has 2 N–H and O–H groups in total. The Labute approximate surface area is 286 Å². The second-order valence-corrected chi connectivity index (χ2v) is 11.5. The van der Waals surface area contributed by atoms with Crippen LogP contribution in [0.1, 0.15) is 24.2 Å². The second-order valence-electron chi connectivity index (χ2n) is 10.4. The lowest BCUT2D eigenvalue weighted by Crippen LogP contribution is -3.09. The monoisotopic (exact) mass is 712 g/mol. The molecule has 0 spiro atoms. The largest absolute Gasteiger partial charge is 1.00 e.